The average molecular weight is 563 g/mol. The summed E-state index contributed by atoms with van der Waals surface area (Å²) in [5.41, 5.74) is 1.38. The van der Waals surface area contributed by atoms with E-state index in [1.54, 1.807) is 12.6 Å². The second kappa shape index (κ2) is 13.3. The number of piperidine rings is 1. The molecule has 0 atom stereocenters. The molecule has 4 rings (SSSR count). The Morgan fingerprint density at radius 2 is 1.97 bits per heavy atom. The zero-order chi connectivity index (χ0) is 22.0. The zero-order valence-corrected chi connectivity index (χ0v) is 21.5. The van der Waals surface area contributed by atoms with E-state index in [-0.39, 0.29) is 24.0 Å². The van der Waals surface area contributed by atoms with E-state index in [4.69, 9.17) is 9.41 Å². The largest absolute Gasteiger partial charge is 0.467 e. The van der Waals surface area contributed by atoms with Crippen LogP contribution in [0.4, 0.5) is 0 Å². The molecule has 1 aromatic carbocycles. The van der Waals surface area contributed by atoms with Crippen LogP contribution in [-0.2, 0) is 26.1 Å². The second-order valence-electron chi connectivity index (χ2n) is 8.15. The third-order valence-electron chi connectivity index (χ3n) is 5.81. The summed E-state index contributed by atoms with van der Waals surface area (Å²) < 4.78 is 7.53. The summed E-state index contributed by atoms with van der Waals surface area (Å²) in [4.78, 5) is 7.28. The molecule has 3 aromatic rings. The Morgan fingerprint density at radius 1 is 1.15 bits per heavy atom. The third-order valence-corrected chi connectivity index (χ3v) is 5.81. The molecule has 1 aliphatic rings. The van der Waals surface area contributed by atoms with Gasteiger partial charge >= 0.3 is 0 Å². The molecule has 0 spiro atoms. The summed E-state index contributed by atoms with van der Waals surface area (Å²) in [6.07, 6.45) is 6.54. The molecule has 0 radical (unpaired) electrons. The fraction of sp³-hybridized carbons (Fsp3) is 0.458. The van der Waals surface area contributed by atoms with Gasteiger partial charge in [0.25, 0.3) is 0 Å². The first kappa shape index (κ1) is 25.2. The van der Waals surface area contributed by atoms with Crippen LogP contribution in [0.5, 0.6) is 0 Å². The molecule has 8 nitrogen and oxygen atoms in total. The summed E-state index contributed by atoms with van der Waals surface area (Å²) in [6, 6.07) is 15.0. The maximum Gasteiger partial charge on any atom is 0.191 e. The van der Waals surface area contributed by atoms with E-state index in [0.717, 1.165) is 69.5 Å². The lowest BCUT2D eigenvalue weighted by atomic mass is 10.0. The number of aromatic nitrogens is 3. The van der Waals surface area contributed by atoms with Crippen molar-refractivity contribution in [3.8, 4) is 0 Å². The number of nitrogens with one attached hydrogen (secondary N) is 2. The number of hydrogen-bond acceptors (Lipinski definition) is 5. The fourth-order valence-corrected chi connectivity index (χ4v) is 4.02. The van der Waals surface area contributed by atoms with Gasteiger partial charge in [-0.25, -0.2) is 4.99 Å². The number of nitrogens with zero attached hydrogens (tertiary/aromatic N) is 5. The number of benzene rings is 1. The molecule has 0 unspecified atom stereocenters. The van der Waals surface area contributed by atoms with E-state index in [9.17, 15) is 0 Å². The number of halogens is 1. The van der Waals surface area contributed by atoms with E-state index >= 15 is 0 Å². The zero-order valence-electron chi connectivity index (χ0n) is 19.2. The molecule has 1 aliphatic heterocycles. The molecule has 0 amide bonds. The van der Waals surface area contributed by atoms with Gasteiger partial charge in [-0.3, -0.25) is 4.90 Å². The fourth-order valence-electron chi connectivity index (χ4n) is 4.02. The smallest absolute Gasteiger partial charge is 0.191 e. The van der Waals surface area contributed by atoms with Crippen molar-refractivity contribution >= 4 is 29.9 Å². The standard InChI is InChI=1S/C24H33N7O.HI/c1-2-23-29-27-19-31(23)15-12-25-24(26-17-22-9-6-16-32-22)28-21-10-13-30(14-11-21)18-20-7-4-3-5-8-20;/h3-9,16,19,21H,2,10-15,17-18H2,1H3,(H2,25,26,28);1H. The molecule has 2 N–H and O–H groups in total. The number of furan rings is 1. The van der Waals surface area contributed by atoms with Crippen molar-refractivity contribution in [1.82, 2.24) is 30.3 Å². The summed E-state index contributed by atoms with van der Waals surface area (Å²) >= 11 is 0. The van der Waals surface area contributed by atoms with E-state index in [1.807, 2.05) is 12.1 Å². The summed E-state index contributed by atoms with van der Waals surface area (Å²) in [7, 11) is 0. The van der Waals surface area contributed by atoms with E-state index in [1.165, 1.54) is 5.56 Å². The average Bonchev–Trinajstić information content (AvgIpc) is 3.51. The Labute approximate surface area is 212 Å². The SMILES string of the molecule is CCc1nncn1CCNC(=NCc1ccco1)NC1CCN(Cc2ccccc2)CC1.I. The molecule has 0 saturated carbocycles. The summed E-state index contributed by atoms with van der Waals surface area (Å²) in [5, 5.41) is 15.3. The maximum absolute atomic E-state index is 5.45. The monoisotopic (exact) mass is 563 g/mol. The third kappa shape index (κ3) is 7.85. The van der Waals surface area contributed by atoms with Crippen LogP contribution in [0.25, 0.3) is 0 Å². The lowest BCUT2D eigenvalue weighted by molar-refractivity contribution is 0.198. The van der Waals surface area contributed by atoms with Crippen LogP contribution in [0.2, 0.25) is 0 Å². The molecule has 0 aliphatic carbocycles. The van der Waals surface area contributed by atoms with Crippen LogP contribution in [0, 0.1) is 0 Å². The van der Waals surface area contributed by atoms with Crippen molar-refractivity contribution in [3.63, 3.8) is 0 Å². The van der Waals surface area contributed by atoms with Crippen molar-refractivity contribution in [2.45, 2.75) is 51.9 Å². The van der Waals surface area contributed by atoms with Crippen molar-refractivity contribution in [3.05, 3.63) is 72.2 Å². The molecule has 0 bridgehead atoms. The number of guanidine groups is 1. The van der Waals surface area contributed by atoms with Crippen molar-refractivity contribution in [2.75, 3.05) is 19.6 Å². The van der Waals surface area contributed by atoms with Gasteiger partial charge in [0.15, 0.2) is 5.96 Å². The highest BCUT2D eigenvalue weighted by Crippen LogP contribution is 2.14. The van der Waals surface area contributed by atoms with Crippen LogP contribution < -0.4 is 10.6 Å². The first-order valence-corrected chi connectivity index (χ1v) is 11.5. The van der Waals surface area contributed by atoms with Crippen molar-refractivity contribution < 1.29 is 4.42 Å². The summed E-state index contributed by atoms with van der Waals surface area (Å²) in [5.74, 6) is 2.68. The Balaban J connectivity index is 0.00000306. The Hall–Kier alpha value is -2.40. The molecule has 178 valence electrons. The van der Waals surface area contributed by atoms with Gasteiger partial charge < -0.3 is 19.6 Å². The quantitative estimate of drug-likeness (QED) is 0.236. The van der Waals surface area contributed by atoms with Gasteiger partial charge in [-0.05, 0) is 30.5 Å². The molecule has 33 heavy (non-hydrogen) atoms. The number of aliphatic imine (C=N–C) groups is 1. The summed E-state index contributed by atoms with van der Waals surface area (Å²) in [6.45, 7) is 7.34. The minimum absolute atomic E-state index is 0. The lowest BCUT2D eigenvalue weighted by Gasteiger charge is -2.33. The molecule has 9 heteroatoms. The molecular formula is C24H34IN7O. The van der Waals surface area contributed by atoms with Gasteiger partial charge in [-0.15, -0.1) is 34.2 Å². The first-order chi connectivity index (χ1) is 15.8. The maximum atomic E-state index is 5.45. The van der Waals surface area contributed by atoms with E-state index < -0.39 is 0 Å². The van der Waals surface area contributed by atoms with Gasteiger partial charge in [0.2, 0.25) is 0 Å². The first-order valence-electron chi connectivity index (χ1n) is 11.5. The molecule has 3 heterocycles. The van der Waals surface area contributed by atoms with Crippen molar-refractivity contribution in [2.24, 2.45) is 4.99 Å². The minimum Gasteiger partial charge on any atom is -0.467 e. The number of rotatable bonds is 9. The topological polar surface area (TPSA) is 83.5 Å². The van der Waals surface area contributed by atoms with Crippen LogP contribution in [0.1, 0.15) is 36.9 Å². The highest BCUT2D eigenvalue weighted by atomic mass is 127. The normalized spacial score (nSPS) is 15.2. The Kier molecular flexibility index (Phi) is 10.2. The van der Waals surface area contributed by atoms with Crippen LogP contribution >= 0.6 is 24.0 Å². The molecule has 1 fully saturated rings. The number of aryl methyl sites for hydroxylation is 1. The van der Waals surface area contributed by atoms with Gasteiger partial charge in [-0.2, -0.15) is 0 Å². The van der Waals surface area contributed by atoms with Crippen LogP contribution in [0.15, 0.2) is 64.5 Å². The van der Waals surface area contributed by atoms with E-state index in [0.29, 0.717) is 12.6 Å². The van der Waals surface area contributed by atoms with Gasteiger partial charge in [0.1, 0.15) is 24.5 Å². The van der Waals surface area contributed by atoms with Gasteiger partial charge in [0, 0.05) is 45.2 Å². The Morgan fingerprint density at radius 3 is 2.70 bits per heavy atom. The van der Waals surface area contributed by atoms with Gasteiger partial charge in [-0.1, -0.05) is 37.3 Å². The van der Waals surface area contributed by atoms with Crippen molar-refractivity contribution in [1.29, 1.82) is 0 Å². The number of likely N-dealkylation sites (tertiary alicyclic amines) is 1. The Bertz CT molecular complexity index is 950. The van der Waals surface area contributed by atoms with Crippen LogP contribution in [0.3, 0.4) is 0 Å². The number of hydrogen-bond donors (Lipinski definition) is 2. The highest BCUT2D eigenvalue weighted by molar-refractivity contribution is 14.0. The molecular weight excluding hydrogens is 529 g/mol. The van der Waals surface area contributed by atoms with Gasteiger partial charge in [0.05, 0.1) is 6.26 Å². The predicted molar refractivity (Wildman–Crippen MR) is 141 cm³/mol. The minimum atomic E-state index is 0. The predicted octanol–water partition coefficient (Wildman–Crippen LogP) is 3.45. The lowest BCUT2D eigenvalue weighted by Crippen LogP contribution is -2.49. The molecule has 2 aromatic heterocycles. The highest BCUT2D eigenvalue weighted by Gasteiger charge is 2.20. The van der Waals surface area contributed by atoms with E-state index in [2.05, 4.69) is 67.6 Å². The molecule has 1 saturated heterocycles. The second-order valence-corrected chi connectivity index (χ2v) is 8.15. The van der Waals surface area contributed by atoms with Crippen LogP contribution in [-0.4, -0.2) is 51.3 Å².